The van der Waals surface area contributed by atoms with E-state index in [1.165, 1.54) is 13.2 Å². The lowest BCUT2D eigenvalue weighted by Crippen LogP contribution is -2.42. The molecule has 5 nitrogen and oxygen atoms in total. The lowest BCUT2D eigenvalue weighted by molar-refractivity contribution is 0.0983. The highest BCUT2D eigenvalue weighted by molar-refractivity contribution is 5.67. The molecule has 1 saturated heterocycles. The SMILES string of the molecule is CCOC(=O)N1CCC(Nc2ccc(OC)c(F)c2)CC1. The van der Waals surface area contributed by atoms with E-state index in [0.717, 1.165) is 18.5 Å². The molecular weight excluding hydrogens is 275 g/mol. The van der Waals surface area contributed by atoms with Gasteiger partial charge in [0.25, 0.3) is 0 Å². The Balaban J connectivity index is 1.86. The molecule has 1 fully saturated rings. The average Bonchev–Trinajstić information content (AvgIpc) is 2.48. The molecule has 0 unspecified atom stereocenters. The Morgan fingerprint density at radius 2 is 2.14 bits per heavy atom. The van der Waals surface area contributed by atoms with Crippen LogP contribution in [-0.4, -0.2) is 43.8 Å². The molecule has 2 rings (SSSR count). The molecule has 1 aromatic carbocycles. The van der Waals surface area contributed by atoms with E-state index in [1.54, 1.807) is 24.0 Å². The molecule has 1 aliphatic heterocycles. The quantitative estimate of drug-likeness (QED) is 0.928. The summed E-state index contributed by atoms with van der Waals surface area (Å²) in [4.78, 5) is 13.3. The van der Waals surface area contributed by atoms with Crippen LogP contribution in [0.15, 0.2) is 18.2 Å². The Morgan fingerprint density at radius 1 is 1.43 bits per heavy atom. The number of halogens is 1. The van der Waals surface area contributed by atoms with E-state index in [-0.39, 0.29) is 23.7 Å². The second-order valence-corrected chi connectivity index (χ2v) is 4.95. The van der Waals surface area contributed by atoms with Gasteiger partial charge in [-0.05, 0) is 31.9 Å². The summed E-state index contributed by atoms with van der Waals surface area (Å²) in [6, 6.07) is 5.05. The van der Waals surface area contributed by atoms with Gasteiger partial charge in [-0.2, -0.15) is 0 Å². The number of hydrogen-bond donors (Lipinski definition) is 1. The van der Waals surface area contributed by atoms with Gasteiger partial charge in [-0.1, -0.05) is 0 Å². The first-order valence-electron chi connectivity index (χ1n) is 7.15. The number of methoxy groups -OCH3 is 1. The molecule has 0 atom stereocenters. The molecule has 1 aliphatic rings. The Morgan fingerprint density at radius 3 is 2.71 bits per heavy atom. The van der Waals surface area contributed by atoms with Gasteiger partial charge in [0, 0.05) is 30.9 Å². The summed E-state index contributed by atoms with van der Waals surface area (Å²) in [5, 5.41) is 3.29. The first kappa shape index (κ1) is 15.4. The van der Waals surface area contributed by atoms with E-state index in [4.69, 9.17) is 9.47 Å². The molecule has 21 heavy (non-hydrogen) atoms. The van der Waals surface area contributed by atoms with Gasteiger partial charge in [-0.25, -0.2) is 9.18 Å². The molecule has 1 heterocycles. The minimum absolute atomic E-state index is 0.225. The van der Waals surface area contributed by atoms with Crippen molar-refractivity contribution in [2.45, 2.75) is 25.8 Å². The number of piperidine rings is 1. The van der Waals surface area contributed by atoms with Crippen LogP contribution in [0.1, 0.15) is 19.8 Å². The van der Waals surface area contributed by atoms with Gasteiger partial charge >= 0.3 is 6.09 Å². The molecule has 0 spiro atoms. The molecule has 116 valence electrons. The van der Waals surface area contributed by atoms with Gasteiger partial charge in [-0.15, -0.1) is 0 Å². The van der Waals surface area contributed by atoms with Crippen LogP contribution < -0.4 is 10.1 Å². The van der Waals surface area contributed by atoms with Crippen molar-refractivity contribution in [1.82, 2.24) is 4.90 Å². The fourth-order valence-corrected chi connectivity index (χ4v) is 2.41. The molecule has 0 radical (unpaired) electrons. The number of amides is 1. The molecule has 0 aromatic heterocycles. The van der Waals surface area contributed by atoms with Crippen LogP contribution in [0.2, 0.25) is 0 Å². The number of likely N-dealkylation sites (tertiary alicyclic amines) is 1. The number of rotatable bonds is 4. The zero-order chi connectivity index (χ0) is 15.2. The number of anilines is 1. The number of nitrogens with zero attached hydrogens (tertiary/aromatic N) is 1. The van der Waals surface area contributed by atoms with Gasteiger partial charge in [0.05, 0.1) is 13.7 Å². The fraction of sp³-hybridized carbons (Fsp3) is 0.533. The highest BCUT2D eigenvalue weighted by Crippen LogP contribution is 2.23. The van der Waals surface area contributed by atoms with Crippen molar-refractivity contribution in [2.75, 3.05) is 32.1 Å². The second-order valence-electron chi connectivity index (χ2n) is 4.95. The van der Waals surface area contributed by atoms with E-state index in [1.807, 2.05) is 0 Å². The summed E-state index contributed by atoms with van der Waals surface area (Å²) in [5.74, 6) is -0.149. The van der Waals surface area contributed by atoms with Gasteiger partial charge in [0.15, 0.2) is 11.6 Å². The highest BCUT2D eigenvalue weighted by atomic mass is 19.1. The normalized spacial score (nSPS) is 15.7. The van der Waals surface area contributed by atoms with Gasteiger partial charge in [0.2, 0.25) is 0 Å². The van der Waals surface area contributed by atoms with E-state index in [2.05, 4.69) is 5.32 Å². The Bertz CT molecular complexity index is 488. The van der Waals surface area contributed by atoms with Crippen molar-refractivity contribution < 1.29 is 18.7 Å². The topological polar surface area (TPSA) is 50.8 Å². The summed E-state index contributed by atoms with van der Waals surface area (Å²) >= 11 is 0. The highest BCUT2D eigenvalue weighted by Gasteiger charge is 2.23. The van der Waals surface area contributed by atoms with E-state index in [0.29, 0.717) is 19.7 Å². The Hall–Kier alpha value is -1.98. The van der Waals surface area contributed by atoms with Crippen molar-refractivity contribution in [3.63, 3.8) is 0 Å². The third-order valence-electron chi connectivity index (χ3n) is 3.54. The molecule has 6 heteroatoms. The Labute approximate surface area is 124 Å². The molecule has 1 aromatic rings. The monoisotopic (exact) mass is 296 g/mol. The second kappa shape index (κ2) is 7.15. The van der Waals surface area contributed by atoms with Crippen molar-refractivity contribution in [3.8, 4) is 5.75 Å². The van der Waals surface area contributed by atoms with Crippen LogP contribution in [0, 0.1) is 5.82 Å². The summed E-state index contributed by atoms with van der Waals surface area (Å²) in [7, 11) is 1.44. The van der Waals surface area contributed by atoms with Crippen molar-refractivity contribution >= 4 is 11.8 Å². The summed E-state index contributed by atoms with van der Waals surface area (Å²) in [6.45, 7) is 3.48. The standard InChI is InChI=1S/C15H21FN2O3/c1-3-21-15(19)18-8-6-11(7-9-18)17-12-4-5-14(20-2)13(16)10-12/h4-5,10-11,17H,3,6-9H2,1-2H3. The maximum atomic E-state index is 13.6. The lowest BCUT2D eigenvalue weighted by Gasteiger charge is -2.32. The van der Waals surface area contributed by atoms with Crippen LogP contribution in [0.25, 0.3) is 0 Å². The van der Waals surface area contributed by atoms with Crippen molar-refractivity contribution in [1.29, 1.82) is 0 Å². The predicted molar refractivity (Wildman–Crippen MR) is 78.2 cm³/mol. The Kier molecular flexibility index (Phi) is 5.25. The predicted octanol–water partition coefficient (Wildman–Crippen LogP) is 2.87. The third-order valence-corrected chi connectivity index (χ3v) is 3.54. The molecular formula is C15H21FN2O3. The number of carbonyl (C=O) groups is 1. The lowest BCUT2D eigenvalue weighted by atomic mass is 10.0. The zero-order valence-electron chi connectivity index (χ0n) is 12.4. The van der Waals surface area contributed by atoms with Crippen LogP contribution in [-0.2, 0) is 4.74 Å². The van der Waals surface area contributed by atoms with Crippen LogP contribution in [0.5, 0.6) is 5.75 Å². The maximum Gasteiger partial charge on any atom is 0.409 e. The minimum atomic E-state index is -0.383. The van der Waals surface area contributed by atoms with Crippen LogP contribution in [0.4, 0.5) is 14.9 Å². The largest absolute Gasteiger partial charge is 0.494 e. The number of carbonyl (C=O) groups excluding carboxylic acids is 1. The van der Waals surface area contributed by atoms with Crippen LogP contribution in [0.3, 0.4) is 0 Å². The first-order chi connectivity index (χ1) is 10.1. The maximum absolute atomic E-state index is 13.6. The molecule has 0 saturated carbocycles. The fourth-order valence-electron chi connectivity index (χ4n) is 2.41. The van der Waals surface area contributed by atoms with Gasteiger partial charge < -0.3 is 19.7 Å². The number of ether oxygens (including phenoxy) is 2. The molecule has 0 bridgehead atoms. The van der Waals surface area contributed by atoms with E-state index >= 15 is 0 Å². The van der Waals surface area contributed by atoms with Gasteiger partial charge in [0.1, 0.15) is 0 Å². The molecule has 0 aliphatic carbocycles. The number of benzene rings is 1. The molecule has 1 N–H and O–H groups in total. The third kappa shape index (κ3) is 4.00. The van der Waals surface area contributed by atoms with Crippen molar-refractivity contribution in [2.24, 2.45) is 0 Å². The summed E-state index contributed by atoms with van der Waals surface area (Å²) in [6.07, 6.45) is 1.37. The van der Waals surface area contributed by atoms with Crippen molar-refractivity contribution in [3.05, 3.63) is 24.0 Å². The number of nitrogens with one attached hydrogen (secondary N) is 1. The van der Waals surface area contributed by atoms with Crippen LogP contribution >= 0.6 is 0 Å². The average molecular weight is 296 g/mol. The first-order valence-corrected chi connectivity index (χ1v) is 7.15. The summed E-state index contributed by atoms with van der Waals surface area (Å²) in [5.41, 5.74) is 0.725. The number of hydrogen-bond acceptors (Lipinski definition) is 4. The van der Waals surface area contributed by atoms with E-state index < -0.39 is 0 Å². The minimum Gasteiger partial charge on any atom is -0.494 e. The van der Waals surface area contributed by atoms with Gasteiger partial charge in [-0.3, -0.25) is 0 Å². The van der Waals surface area contributed by atoms with E-state index in [9.17, 15) is 9.18 Å². The molecule has 1 amide bonds. The smallest absolute Gasteiger partial charge is 0.409 e. The zero-order valence-corrected chi connectivity index (χ0v) is 12.4. The summed E-state index contributed by atoms with van der Waals surface area (Å²) < 4.78 is 23.5.